The largest absolute Gasteiger partial charge is 0.350 e. The number of likely N-dealkylation sites (tertiary alicyclic amines) is 1. The van der Waals surface area contributed by atoms with Crippen LogP contribution in [0.15, 0.2) is 43.1 Å². The summed E-state index contributed by atoms with van der Waals surface area (Å²) in [6, 6.07) is 7.52. The number of carbonyl (C=O) groups excluding carboxylic acids is 2. The molecule has 11 heteroatoms. The molecule has 2 aliphatic heterocycles. The smallest absolute Gasteiger partial charge is 0.245 e. The Balaban J connectivity index is 1.30. The van der Waals surface area contributed by atoms with Gasteiger partial charge in [0.2, 0.25) is 17.8 Å². The number of ketones is 1. The zero-order valence-electron chi connectivity index (χ0n) is 23.1. The van der Waals surface area contributed by atoms with Gasteiger partial charge in [0.1, 0.15) is 12.0 Å². The number of piperidine rings is 1. The third-order valence-corrected chi connectivity index (χ3v) is 7.69. The predicted octanol–water partition coefficient (Wildman–Crippen LogP) is 3.12. The molecule has 5 rings (SSSR count). The van der Waals surface area contributed by atoms with E-state index < -0.39 is 6.17 Å². The zero-order chi connectivity index (χ0) is 28.2. The number of amides is 1. The van der Waals surface area contributed by atoms with Gasteiger partial charge in [-0.15, -0.1) is 0 Å². The molecule has 0 bridgehead atoms. The van der Waals surface area contributed by atoms with Crippen molar-refractivity contribution in [3.05, 3.63) is 59.8 Å². The number of aromatic nitrogens is 4. The van der Waals surface area contributed by atoms with Crippen molar-refractivity contribution in [3.63, 3.8) is 0 Å². The maximum absolute atomic E-state index is 14.5. The van der Waals surface area contributed by atoms with Gasteiger partial charge in [-0.05, 0) is 42.5 Å². The van der Waals surface area contributed by atoms with Gasteiger partial charge in [0.15, 0.2) is 5.65 Å². The summed E-state index contributed by atoms with van der Waals surface area (Å²) in [4.78, 5) is 35.8. The van der Waals surface area contributed by atoms with Crippen LogP contribution >= 0.6 is 0 Å². The third-order valence-electron chi connectivity index (χ3n) is 7.69. The minimum absolute atomic E-state index is 0.126. The lowest BCUT2D eigenvalue weighted by atomic mass is 9.96. The van der Waals surface area contributed by atoms with Crippen molar-refractivity contribution in [2.75, 3.05) is 36.8 Å². The second kappa shape index (κ2) is 12.1. The fourth-order valence-electron chi connectivity index (χ4n) is 5.36. The van der Waals surface area contributed by atoms with Crippen molar-refractivity contribution >= 4 is 29.2 Å². The van der Waals surface area contributed by atoms with Crippen LogP contribution in [-0.2, 0) is 22.6 Å². The summed E-state index contributed by atoms with van der Waals surface area (Å²) < 4.78 is 16.2. The minimum Gasteiger partial charge on any atom is -0.350 e. The highest BCUT2D eigenvalue weighted by Gasteiger charge is 2.30. The quantitative estimate of drug-likeness (QED) is 0.331. The molecule has 1 aromatic carbocycles. The van der Waals surface area contributed by atoms with E-state index >= 15 is 0 Å². The van der Waals surface area contributed by atoms with E-state index in [1.54, 1.807) is 15.6 Å². The summed E-state index contributed by atoms with van der Waals surface area (Å²) >= 11 is 0. The molecule has 2 fully saturated rings. The topological polar surface area (TPSA) is 117 Å². The molecule has 2 aliphatic rings. The SMILES string of the molecule is C=CC(=O)N1CCC(C(=O)Cc2cccc(CNc3nc(N[C@@H]4CCNC[C@H]4F)nc4c(C(C)C)cnn34)c2)C1. The fourth-order valence-corrected chi connectivity index (χ4v) is 5.36. The van der Waals surface area contributed by atoms with E-state index in [1.165, 1.54) is 6.08 Å². The lowest BCUT2D eigenvalue weighted by Crippen LogP contribution is -2.45. The molecule has 2 aromatic heterocycles. The van der Waals surface area contributed by atoms with Crippen molar-refractivity contribution in [2.45, 2.75) is 57.8 Å². The van der Waals surface area contributed by atoms with E-state index in [1.807, 2.05) is 24.3 Å². The molecule has 212 valence electrons. The predicted molar refractivity (Wildman–Crippen MR) is 152 cm³/mol. The number of halogens is 1. The van der Waals surface area contributed by atoms with Gasteiger partial charge >= 0.3 is 0 Å². The number of anilines is 2. The lowest BCUT2D eigenvalue weighted by molar-refractivity contribution is -0.125. The number of benzene rings is 1. The Kier molecular flexibility index (Phi) is 8.39. The average Bonchev–Trinajstić information content (AvgIpc) is 3.61. The molecule has 2 saturated heterocycles. The fraction of sp³-hybridized carbons (Fsp3) is 0.483. The molecule has 3 N–H and O–H groups in total. The molecule has 3 aromatic rings. The molecule has 4 heterocycles. The second-order valence-electron chi connectivity index (χ2n) is 10.9. The number of nitrogens with one attached hydrogen (secondary N) is 3. The van der Waals surface area contributed by atoms with Gasteiger partial charge in [0.25, 0.3) is 0 Å². The van der Waals surface area contributed by atoms with E-state index in [0.29, 0.717) is 63.0 Å². The van der Waals surface area contributed by atoms with E-state index in [2.05, 4.69) is 46.5 Å². The van der Waals surface area contributed by atoms with Crippen LogP contribution in [0.4, 0.5) is 16.3 Å². The first-order valence-corrected chi connectivity index (χ1v) is 13.9. The van der Waals surface area contributed by atoms with Gasteiger partial charge < -0.3 is 20.9 Å². The first-order valence-electron chi connectivity index (χ1n) is 13.9. The number of nitrogens with zero attached hydrogens (tertiary/aromatic N) is 5. The molecule has 40 heavy (non-hydrogen) atoms. The molecule has 0 spiro atoms. The summed E-state index contributed by atoms with van der Waals surface area (Å²) in [7, 11) is 0. The van der Waals surface area contributed by atoms with Crippen molar-refractivity contribution in [3.8, 4) is 0 Å². The number of fused-ring (bicyclic) bond motifs is 1. The van der Waals surface area contributed by atoms with E-state index in [9.17, 15) is 14.0 Å². The highest BCUT2D eigenvalue weighted by atomic mass is 19.1. The van der Waals surface area contributed by atoms with Gasteiger partial charge in [0, 0.05) is 44.1 Å². The monoisotopic (exact) mass is 548 g/mol. The lowest BCUT2D eigenvalue weighted by Gasteiger charge is -2.27. The van der Waals surface area contributed by atoms with Gasteiger partial charge in [-0.2, -0.15) is 19.6 Å². The number of hydrogen-bond acceptors (Lipinski definition) is 8. The van der Waals surface area contributed by atoms with Gasteiger partial charge in [-0.1, -0.05) is 44.7 Å². The molecule has 10 nitrogen and oxygen atoms in total. The van der Waals surface area contributed by atoms with Gasteiger partial charge in [-0.25, -0.2) is 4.39 Å². The van der Waals surface area contributed by atoms with E-state index in [0.717, 1.165) is 23.2 Å². The number of rotatable bonds is 10. The van der Waals surface area contributed by atoms with E-state index in [-0.39, 0.29) is 29.6 Å². The summed E-state index contributed by atoms with van der Waals surface area (Å²) in [6.07, 6.45) is 3.71. The van der Waals surface area contributed by atoms with Crippen LogP contribution in [0.25, 0.3) is 5.65 Å². The van der Waals surface area contributed by atoms with E-state index in [4.69, 9.17) is 4.98 Å². The Morgan fingerprint density at radius 1 is 1.25 bits per heavy atom. The molecule has 0 radical (unpaired) electrons. The van der Waals surface area contributed by atoms with Crippen LogP contribution in [0, 0.1) is 5.92 Å². The van der Waals surface area contributed by atoms with Crippen LogP contribution in [0.1, 0.15) is 49.3 Å². The Hall–Kier alpha value is -3.86. The molecular formula is C29H37FN8O2. The maximum atomic E-state index is 14.5. The Bertz CT molecular complexity index is 1390. The third kappa shape index (κ3) is 6.14. The Labute approximate surface area is 233 Å². The average molecular weight is 549 g/mol. The summed E-state index contributed by atoms with van der Waals surface area (Å²) in [5, 5.41) is 14.2. The number of hydrogen-bond donors (Lipinski definition) is 3. The van der Waals surface area contributed by atoms with Crippen LogP contribution in [0.3, 0.4) is 0 Å². The Morgan fingerprint density at radius 3 is 2.85 bits per heavy atom. The molecule has 0 saturated carbocycles. The standard InChI is InChI=1S/C29H37FN8O2/c1-4-26(40)37-11-9-21(17-37)25(39)13-19-6-5-7-20(12-19)14-32-29-36-28(34-24-8-10-31-16-23(24)30)35-27-22(18(2)3)15-33-38(27)29/h4-7,12,15,18,21,23-24,31H,1,8-11,13-14,16-17H2,2-3H3,(H2,32,34,35,36)/t21?,23-,24-/m1/s1. The summed E-state index contributed by atoms with van der Waals surface area (Å²) in [6.45, 7) is 10.2. The van der Waals surface area contributed by atoms with Crippen molar-refractivity contribution in [2.24, 2.45) is 5.92 Å². The van der Waals surface area contributed by atoms with Crippen molar-refractivity contribution in [1.29, 1.82) is 0 Å². The van der Waals surface area contributed by atoms with Crippen LogP contribution < -0.4 is 16.0 Å². The van der Waals surface area contributed by atoms with Gasteiger partial charge in [0.05, 0.1) is 12.2 Å². The normalized spacial score (nSPS) is 21.1. The molecule has 3 atom stereocenters. The van der Waals surface area contributed by atoms with Crippen LogP contribution in [-0.4, -0.2) is 74.6 Å². The first-order chi connectivity index (χ1) is 19.3. The Morgan fingerprint density at radius 2 is 2.08 bits per heavy atom. The zero-order valence-corrected chi connectivity index (χ0v) is 23.1. The van der Waals surface area contributed by atoms with Crippen molar-refractivity contribution < 1.29 is 14.0 Å². The second-order valence-corrected chi connectivity index (χ2v) is 10.9. The minimum atomic E-state index is -1.03. The van der Waals surface area contributed by atoms with Gasteiger partial charge in [-0.3, -0.25) is 9.59 Å². The summed E-state index contributed by atoms with van der Waals surface area (Å²) in [5.41, 5.74) is 3.57. The van der Waals surface area contributed by atoms with Crippen LogP contribution in [0.5, 0.6) is 0 Å². The number of alkyl halides is 1. The molecular weight excluding hydrogens is 511 g/mol. The highest BCUT2D eigenvalue weighted by molar-refractivity contribution is 5.89. The molecule has 0 aliphatic carbocycles. The maximum Gasteiger partial charge on any atom is 0.245 e. The number of carbonyl (C=O) groups is 2. The van der Waals surface area contributed by atoms with Crippen LogP contribution in [0.2, 0.25) is 0 Å². The first kappa shape index (κ1) is 27.7. The molecule has 1 amide bonds. The van der Waals surface area contributed by atoms with Crippen molar-refractivity contribution in [1.82, 2.24) is 29.8 Å². The molecule has 1 unspecified atom stereocenters. The summed E-state index contributed by atoms with van der Waals surface area (Å²) in [5.74, 6) is 0.940. The number of Topliss-reactive ketones (excluding diaryl/α,β-unsaturated/α-hetero) is 1. The highest BCUT2D eigenvalue weighted by Crippen LogP contribution is 2.24.